The molecule has 2 aromatic carbocycles. The molecular formula is C21H27N5O. The van der Waals surface area contributed by atoms with Gasteiger partial charge in [0.2, 0.25) is 0 Å². The van der Waals surface area contributed by atoms with Gasteiger partial charge in [-0.1, -0.05) is 30.3 Å². The number of nitrogens with one attached hydrogen (secondary N) is 1. The lowest BCUT2D eigenvalue weighted by atomic mass is 10.3. The lowest BCUT2D eigenvalue weighted by Gasteiger charge is -2.22. The van der Waals surface area contributed by atoms with Gasteiger partial charge in [0.15, 0.2) is 5.96 Å². The molecule has 6 nitrogen and oxygen atoms in total. The first kappa shape index (κ1) is 18.8. The average Bonchev–Trinajstić information content (AvgIpc) is 3.02. The Balaban J connectivity index is 1.63. The molecule has 0 aliphatic carbocycles. The fourth-order valence-electron chi connectivity index (χ4n) is 2.88. The number of rotatable bonds is 7. The van der Waals surface area contributed by atoms with Crippen molar-refractivity contribution in [2.24, 2.45) is 12.0 Å². The largest absolute Gasteiger partial charge is 0.492 e. The van der Waals surface area contributed by atoms with Gasteiger partial charge in [0.25, 0.3) is 0 Å². The first-order valence-electron chi connectivity index (χ1n) is 9.26. The number of hydrogen-bond acceptors (Lipinski definition) is 3. The lowest BCUT2D eigenvalue weighted by molar-refractivity contribution is 0.281. The number of nitrogens with zero attached hydrogens (tertiary/aromatic N) is 4. The Hall–Kier alpha value is -3.02. The summed E-state index contributed by atoms with van der Waals surface area (Å²) in [6, 6.07) is 18.0. The Morgan fingerprint density at radius 1 is 1.15 bits per heavy atom. The number of ether oxygens (including phenoxy) is 1. The molecule has 0 unspecified atom stereocenters. The zero-order valence-corrected chi connectivity index (χ0v) is 16.2. The van der Waals surface area contributed by atoms with E-state index in [-0.39, 0.29) is 0 Å². The van der Waals surface area contributed by atoms with Crippen LogP contribution in [0.25, 0.3) is 11.0 Å². The molecule has 0 radical (unpaired) electrons. The minimum Gasteiger partial charge on any atom is -0.492 e. The van der Waals surface area contributed by atoms with Crippen LogP contribution in [-0.2, 0) is 13.6 Å². The summed E-state index contributed by atoms with van der Waals surface area (Å²) >= 11 is 0. The van der Waals surface area contributed by atoms with Crippen molar-refractivity contribution in [3.05, 3.63) is 60.4 Å². The number of aromatic nitrogens is 2. The third-order valence-corrected chi connectivity index (χ3v) is 4.39. The number of guanidine groups is 1. The summed E-state index contributed by atoms with van der Waals surface area (Å²) in [5, 5.41) is 3.34. The van der Waals surface area contributed by atoms with Gasteiger partial charge in [-0.15, -0.1) is 0 Å². The zero-order valence-electron chi connectivity index (χ0n) is 16.2. The fraction of sp³-hybridized carbons (Fsp3) is 0.333. The SMILES string of the molecule is CCNC(=NCc1nc2ccccc2n1C)N(C)CCOc1ccccc1. The first-order valence-corrected chi connectivity index (χ1v) is 9.26. The molecule has 1 N–H and O–H groups in total. The molecule has 0 saturated carbocycles. The maximum atomic E-state index is 5.79. The fourth-order valence-corrected chi connectivity index (χ4v) is 2.88. The van der Waals surface area contributed by atoms with E-state index < -0.39 is 0 Å². The molecule has 3 rings (SSSR count). The number of benzene rings is 2. The molecule has 3 aromatic rings. The monoisotopic (exact) mass is 365 g/mol. The van der Waals surface area contributed by atoms with Crippen LogP contribution in [0, 0.1) is 0 Å². The van der Waals surface area contributed by atoms with Gasteiger partial charge in [-0.05, 0) is 31.2 Å². The minimum atomic E-state index is 0.525. The van der Waals surface area contributed by atoms with Crippen LogP contribution in [0.15, 0.2) is 59.6 Å². The predicted molar refractivity (Wildman–Crippen MR) is 110 cm³/mol. The van der Waals surface area contributed by atoms with E-state index >= 15 is 0 Å². The topological polar surface area (TPSA) is 54.7 Å². The first-order chi connectivity index (χ1) is 13.2. The molecule has 6 heteroatoms. The second-order valence-corrected chi connectivity index (χ2v) is 6.33. The van der Waals surface area contributed by atoms with E-state index in [9.17, 15) is 0 Å². The van der Waals surface area contributed by atoms with Gasteiger partial charge in [-0.3, -0.25) is 0 Å². The van der Waals surface area contributed by atoms with Crippen molar-refractivity contribution in [1.29, 1.82) is 0 Å². The number of aryl methyl sites for hydroxylation is 1. The molecular weight excluding hydrogens is 338 g/mol. The third-order valence-electron chi connectivity index (χ3n) is 4.39. The minimum absolute atomic E-state index is 0.525. The van der Waals surface area contributed by atoms with E-state index in [0.29, 0.717) is 13.2 Å². The van der Waals surface area contributed by atoms with Crippen LogP contribution >= 0.6 is 0 Å². The lowest BCUT2D eigenvalue weighted by Crippen LogP contribution is -2.40. The number of aliphatic imine (C=N–C) groups is 1. The molecule has 0 aliphatic rings. The van der Waals surface area contributed by atoms with Gasteiger partial charge in [0, 0.05) is 20.6 Å². The number of para-hydroxylation sites is 3. The highest BCUT2D eigenvalue weighted by molar-refractivity contribution is 5.80. The second kappa shape index (κ2) is 9.07. The number of likely N-dealkylation sites (N-methyl/N-ethyl adjacent to an activating group) is 1. The molecule has 0 aliphatic heterocycles. The molecule has 0 bridgehead atoms. The van der Waals surface area contributed by atoms with E-state index in [1.165, 1.54) is 0 Å². The third kappa shape index (κ3) is 4.78. The molecule has 1 heterocycles. The molecule has 0 amide bonds. The average molecular weight is 365 g/mol. The summed E-state index contributed by atoms with van der Waals surface area (Å²) < 4.78 is 7.88. The van der Waals surface area contributed by atoms with Crippen molar-refractivity contribution in [2.75, 3.05) is 26.7 Å². The van der Waals surface area contributed by atoms with Gasteiger partial charge < -0.3 is 19.5 Å². The van der Waals surface area contributed by atoms with Crippen molar-refractivity contribution in [1.82, 2.24) is 19.8 Å². The molecule has 27 heavy (non-hydrogen) atoms. The highest BCUT2D eigenvalue weighted by Crippen LogP contribution is 2.14. The van der Waals surface area contributed by atoms with Crippen molar-refractivity contribution in [2.45, 2.75) is 13.5 Å². The Morgan fingerprint density at radius 2 is 1.89 bits per heavy atom. The van der Waals surface area contributed by atoms with Gasteiger partial charge in [0.05, 0.1) is 17.6 Å². The van der Waals surface area contributed by atoms with E-state index in [4.69, 9.17) is 14.7 Å². The van der Waals surface area contributed by atoms with Crippen LogP contribution in [0.1, 0.15) is 12.7 Å². The Labute approximate surface area is 160 Å². The van der Waals surface area contributed by atoms with Crippen LogP contribution < -0.4 is 10.1 Å². The van der Waals surface area contributed by atoms with Gasteiger partial charge in [-0.2, -0.15) is 0 Å². The quantitative estimate of drug-likeness (QED) is 0.516. The number of imidazole rings is 1. The number of hydrogen-bond donors (Lipinski definition) is 1. The Morgan fingerprint density at radius 3 is 2.63 bits per heavy atom. The summed E-state index contributed by atoms with van der Waals surface area (Å²) in [4.78, 5) is 11.5. The van der Waals surface area contributed by atoms with Crippen LogP contribution in [0.4, 0.5) is 0 Å². The van der Waals surface area contributed by atoms with Gasteiger partial charge in [0.1, 0.15) is 24.7 Å². The van der Waals surface area contributed by atoms with Crippen molar-refractivity contribution in [3.8, 4) is 5.75 Å². The molecule has 0 spiro atoms. The van der Waals surface area contributed by atoms with Gasteiger partial charge in [-0.25, -0.2) is 9.98 Å². The summed E-state index contributed by atoms with van der Waals surface area (Å²) in [7, 11) is 4.05. The van der Waals surface area contributed by atoms with Crippen LogP contribution in [0.5, 0.6) is 5.75 Å². The van der Waals surface area contributed by atoms with Crippen LogP contribution in [0.2, 0.25) is 0 Å². The van der Waals surface area contributed by atoms with E-state index in [0.717, 1.165) is 41.7 Å². The van der Waals surface area contributed by atoms with Crippen LogP contribution in [0.3, 0.4) is 0 Å². The second-order valence-electron chi connectivity index (χ2n) is 6.33. The standard InChI is InChI=1S/C21H27N5O/c1-4-22-21(25(2)14-15-27-17-10-6-5-7-11-17)23-16-20-24-18-12-8-9-13-19(18)26(20)3/h5-13H,4,14-16H2,1-3H3,(H,22,23). The molecule has 0 fully saturated rings. The highest BCUT2D eigenvalue weighted by Gasteiger charge is 2.09. The van der Waals surface area contributed by atoms with Crippen molar-refractivity contribution in [3.63, 3.8) is 0 Å². The molecule has 142 valence electrons. The maximum Gasteiger partial charge on any atom is 0.194 e. The van der Waals surface area contributed by atoms with Gasteiger partial charge >= 0.3 is 0 Å². The Bertz CT molecular complexity index is 888. The van der Waals surface area contributed by atoms with Crippen LogP contribution in [-0.4, -0.2) is 47.2 Å². The predicted octanol–water partition coefficient (Wildman–Crippen LogP) is 3.05. The highest BCUT2D eigenvalue weighted by atomic mass is 16.5. The summed E-state index contributed by atoms with van der Waals surface area (Å²) in [6.45, 7) is 4.74. The zero-order chi connectivity index (χ0) is 19.1. The summed E-state index contributed by atoms with van der Waals surface area (Å²) in [5.74, 6) is 2.68. The normalized spacial score (nSPS) is 11.6. The van der Waals surface area contributed by atoms with Crippen molar-refractivity contribution < 1.29 is 4.74 Å². The number of fused-ring (bicyclic) bond motifs is 1. The Kier molecular flexibility index (Phi) is 6.30. The molecule has 1 aromatic heterocycles. The van der Waals surface area contributed by atoms with Crippen molar-refractivity contribution >= 4 is 17.0 Å². The molecule has 0 saturated heterocycles. The molecule has 0 atom stereocenters. The maximum absolute atomic E-state index is 5.79. The summed E-state index contributed by atoms with van der Waals surface area (Å²) in [5.41, 5.74) is 2.12. The summed E-state index contributed by atoms with van der Waals surface area (Å²) in [6.07, 6.45) is 0. The van der Waals surface area contributed by atoms with E-state index in [1.54, 1.807) is 0 Å². The smallest absolute Gasteiger partial charge is 0.194 e. The van der Waals surface area contributed by atoms with E-state index in [1.807, 2.05) is 62.6 Å². The van der Waals surface area contributed by atoms with E-state index in [2.05, 4.69) is 27.8 Å².